The lowest BCUT2D eigenvalue weighted by Crippen LogP contribution is -2.30. The number of aryl methyl sites for hydroxylation is 1. The lowest BCUT2D eigenvalue weighted by molar-refractivity contribution is -0.0636. The number of ether oxygens (including phenoxy) is 1. The van der Waals surface area contributed by atoms with Crippen molar-refractivity contribution >= 4 is 0 Å². The van der Waals surface area contributed by atoms with Gasteiger partial charge in [0.05, 0.1) is 0 Å². The Morgan fingerprint density at radius 3 is 2.60 bits per heavy atom. The number of hydrogen-bond donors (Lipinski definition) is 1. The van der Waals surface area contributed by atoms with E-state index in [1.165, 1.54) is 25.7 Å². The summed E-state index contributed by atoms with van der Waals surface area (Å²) < 4.78 is 11.4. The molecule has 0 amide bonds. The Balaban J connectivity index is 2.12. The fraction of sp³-hybridized carbons (Fsp3) is 0.867. The van der Waals surface area contributed by atoms with Gasteiger partial charge in [-0.05, 0) is 33.1 Å². The molecule has 0 bridgehead atoms. The van der Waals surface area contributed by atoms with Crippen molar-refractivity contribution < 1.29 is 9.26 Å². The maximum atomic E-state index is 6.07. The summed E-state index contributed by atoms with van der Waals surface area (Å²) in [6.07, 6.45) is 8.47. The van der Waals surface area contributed by atoms with Crippen molar-refractivity contribution in [2.75, 3.05) is 6.61 Å². The van der Waals surface area contributed by atoms with Crippen LogP contribution in [0.3, 0.4) is 0 Å². The van der Waals surface area contributed by atoms with E-state index in [-0.39, 0.29) is 11.6 Å². The number of nitrogens with zero attached hydrogens (tertiary/aromatic N) is 2. The van der Waals surface area contributed by atoms with E-state index >= 15 is 0 Å². The van der Waals surface area contributed by atoms with Gasteiger partial charge in [-0.3, -0.25) is 0 Å². The highest BCUT2D eigenvalue weighted by Gasteiger charge is 2.38. The first-order valence-electron chi connectivity index (χ1n) is 7.89. The summed E-state index contributed by atoms with van der Waals surface area (Å²) in [5.41, 5.74) is 5.44. The van der Waals surface area contributed by atoms with Gasteiger partial charge in [0.1, 0.15) is 5.60 Å². The molecule has 2 rings (SSSR count). The van der Waals surface area contributed by atoms with Gasteiger partial charge in [-0.15, -0.1) is 0 Å². The topological polar surface area (TPSA) is 74.2 Å². The van der Waals surface area contributed by atoms with Gasteiger partial charge < -0.3 is 15.0 Å². The van der Waals surface area contributed by atoms with E-state index in [2.05, 4.69) is 10.1 Å². The molecule has 114 valence electrons. The van der Waals surface area contributed by atoms with Crippen molar-refractivity contribution in [3.05, 3.63) is 11.7 Å². The quantitative estimate of drug-likeness (QED) is 0.811. The van der Waals surface area contributed by atoms with Gasteiger partial charge in [-0.2, -0.15) is 4.98 Å². The molecule has 0 spiro atoms. The zero-order valence-corrected chi connectivity index (χ0v) is 12.7. The highest BCUT2D eigenvalue weighted by molar-refractivity contribution is 5.03. The van der Waals surface area contributed by atoms with Crippen LogP contribution in [0, 0.1) is 0 Å². The molecular weight excluding hydrogens is 254 g/mol. The van der Waals surface area contributed by atoms with E-state index in [0.717, 1.165) is 31.5 Å². The van der Waals surface area contributed by atoms with Gasteiger partial charge in [0.2, 0.25) is 11.7 Å². The third-order valence-electron chi connectivity index (χ3n) is 4.02. The molecule has 0 aromatic carbocycles. The minimum absolute atomic E-state index is 0.157. The standard InChI is InChI=1S/C15H27N3O2/c1-3-19-15(10-6-4-5-7-11-15)14-17-13(20-18-14)9-8-12(2)16/h12H,3-11,16H2,1-2H3. The van der Waals surface area contributed by atoms with Crippen LogP contribution in [0.4, 0.5) is 0 Å². The Bertz CT molecular complexity index is 396. The molecule has 2 N–H and O–H groups in total. The van der Waals surface area contributed by atoms with E-state index in [0.29, 0.717) is 12.5 Å². The van der Waals surface area contributed by atoms with Gasteiger partial charge in [-0.25, -0.2) is 0 Å². The van der Waals surface area contributed by atoms with Crippen LogP contribution in [-0.2, 0) is 16.8 Å². The average molecular weight is 281 g/mol. The minimum Gasteiger partial charge on any atom is -0.367 e. The molecule has 1 fully saturated rings. The van der Waals surface area contributed by atoms with Crippen molar-refractivity contribution in [2.45, 2.75) is 76.9 Å². The zero-order valence-electron chi connectivity index (χ0n) is 12.7. The smallest absolute Gasteiger partial charge is 0.226 e. The van der Waals surface area contributed by atoms with Gasteiger partial charge in [0.25, 0.3) is 0 Å². The lowest BCUT2D eigenvalue weighted by Gasteiger charge is -2.29. The monoisotopic (exact) mass is 281 g/mol. The molecule has 1 aromatic rings. The molecule has 20 heavy (non-hydrogen) atoms. The second-order valence-electron chi connectivity index (χ2n) is 5.87. The average Bonchev–Trinajstić information content (AvgIpc) is 2.78. The molecule has 1 saturated carbocycles. The molecule has 1 unspecified atom stereocenters. The number of aromatic nitrogens is 2. The summed E-state index contributed by atoms with van der Waals surface area (Å²) in [5.74, 6) is 1.42. The number of rotatable bonds is 6. The van der Waals surface area contributed by atoms with E-state index in [1.54, 1.807) is 0 Å². The highest BCUT2D eigenvalue weighted by atomic mass is 16.5. The van der Waals surface area contributed by atoms with Crippen LogP contribution in [0.1, 0.15) is 70.5 Å². The predicted molar refractivity (Wildman–Crippen MR) is 77.3 cm³/mol. The minimum atomic E-state index is -0.332. The van der Waals surface area contributed by atoms with E-state index in [4.69, 9.17) is 15.0 Å². The predicted octanol–water partition coefficient (Wildman–Crippen LogP) is 2.94. The Morgan fingerprint density at radius 1 is 1.30 bits per heavy atom. The molecule has 1 atom stereocenters. The van der Waals surface area contributed by atoms with Crippen LogP contribution in [0.5, 0.6) is 0 Å². The molecule has 1 aromatic heterocycles. The van der Waals surface area contributed by atoms with Crippen molar-refractivity contribution in [1.82, 2.24) is 10.1 Å². The first-order valence-corrected chi connectivity index (χ1v) is 7.89. The van der Waals surface area contributed by atoms with Crippen molar-refractivity contribution in [3.8, 4) is 0 Å². The maximum absolute atomic E-state index is 6.07. The molecule has 0 aliphatic heterocycles. The Kier molecular flexibility index (Phi) is 5.54. The highest BCUT2D eigenvalue weighted by Crippen LogP contribution is 2.38. The first-order chi connectivity index (χ1) is 9.66. The molecule has 1 aliphatic carbocycles. The Labute approximate surface area is 121 Å². The maximum Gasteiger partial charge on any atom is 0.226 e. The summed E-state index contributed by atoms with van der Waals surface area (Å²) in [5, 5.41) is 4.20. The second-order valence-corrected chi connectivity index (χ2v) is 5.87. The largest absolute Gasteiger partial charge is 0.367 e. The van der Waals surface area contributed by atoms with Gasteiger partial charge in [0.15, 0.2) is 0 Å². The molecule has 0 saturated heterocycles. The normalized spacial score (nSPS) is 20.6. The fourth-order valence-electron chi connectivity index (χ4n) is 2.90. The SMILES string of the molecule is CCOC1(c2noc(CCC(C)N)n2)CCCCCC1. The van der Waals surface area contributed by atoms with Crippen molar-refractivity contribution in [3.63, 3.8) is 0 Å². The summed E-state index contributed by atoms with van der Waals surface area (Å²) in [4.78, 5) is 4.58. The van der Waals surface area contributed by atoms with Crippen molar-refractivity contribution in [2.24, 2.45) is 5.73 Å². The van der Waals surface area contributed by atoms with Gasteiger partial charge >= 0.3 is 0 Å². The van der Waals surface area contributed by atoms with Crippen LogP contribution in [0.2, 0.25) is 0 Å². The number of hydrogen-bond acceptors (Lipinski definition) is 5. The Morgan fingerprint density at radius 2 is 2.00 bits per heavy atom. The van der Waals surface area contributed by atoms with Crippen LogP contribution < -0.4 is 5.73 Å². The van der Waals surface area contributed by atoms with E-state index in [1.807, 2.05) is 13.8 Å². The fourth-order valence-corrected chi connectivity index (χ4v) is 2.90. The van der Waals surface area contributed by atoms with Gasteiger partial charge in [-0.1, -0.05) is 30.8 Å². The van der Waals surface area contributed by atoms with E-state index in [9.17, 15) is 0 Å². The van der Waals surface area contributed by atoms with Crippen LogP contribution >= 0.6 is 0 Å². The Hall–Kier alpha value is -0.940. The molecule has 1 heterocycles. The zero-order chi connectivity index (χ0) is 14.4. The lowest BCUT2D eigenvalue weighted by atomic mass is 9.93. The third-order valence-corrected chi connectivity index (χ3v) is 4.02. The van der Waals surface area contributed by atoms with Crippen molar-refractivity contribution in [1.29, 1.82) is 0 Å². The summed E-state index contributed by atoms with van der Waals surface area (Å²) >= 11 is 0. The van der Waals surface area contributed by atoms with Gasteiger partial charge in [0, 0.05) is 19.1 Å². The first kappa shape index (κ1) is 15.4. The summed E-state index contributed by atoms with van der Waals surface area (Å²) in [6, 6.07) is 0.157. The molecule has 0 radical (unpaired) electrons. The van der Waals surface area contributed by atoms with Crippen LogP contribution in [-0.4, -0.2) is 22.8 Å². The third kappa shape index (κ3) is 3.79. The molecular formula is C15H27N3O2. The van der Waals surface area contributed by atoms with Crippen LogP contribution in [0.15, 0.2) is 4.52 Å². The molecule has 5 nitrogen and oxygen atoms in total. The summed E-state index contributed by atoms with van der Waals surface area (Å²) in [7, 11) is 0. The summed E-state index contributed by atoms with van der Waals surface area (Å²) in [6.45, 7) is 4.71. The number of nitrogens with two attached hydrogens (primary N) is 1. The van der Waals surface area contributed by atoms with Crippen LogP contribution in [0.25, 0.3) is 0 Å². The molecule has 1 aliphatic rings. The second kappa shape index (κ2) is 7.18. The van der Waals surface area contributed by atoms with E-state index < -0.39 is 0 Å². The molecule has 5 heteroatoms.